The third-order valence-corrected chi connectivity index (χ3v) is 5.59. The van der Waals surface area contributed by atoms with Gasteiger partial charge in [-0.2, -0.15) is 0 Å². The third kappa shape index (κ3) is 4.17. The van der Waals surface area contributed by atoms with Gasteiger partial charge >= 0.3 is 6.03 Å². The van der Waals surface area contributed by atoms with Crippen LogP contribution in [-0.2, 0) is 6.54 Å². The summed E-state index contributed by atoms with van der Waals surface area (Å²) in [4.78, 5) is 21.0. The maximum absolute atomic E-state index is 12.5. The molecular weight excluding hydrogens is 364 g/mol. The van der Waals surface area contributed by atoms with Gasteiger partial charge in [0.2, 0.25) is 0 Å². The van der Waals surface area contributed by atoms with Crippen molar-refractivity contribution < 1.29 is 9.53 Å². The number of rotatable bonds is 5. The van der Waals surface area contributed by atoms with Crippen LogP contribution in [0.4, 0.5) is 10.5 Å². The molecule has 1 aliphatic rings. The van der Waals surface area contributed by atoms with E-state index in [0.717, 1.165) is 54.8 Å². The van der Waals surface area contributed by atoms with Gasteiger partial charge in [0.05, 0.1) is 18.3 Å². The fourth-order valence-corrected chi connectivity index (χ4v) is 4.12. The van der Waals surface area contributed by atoms with E-state index in [1.807, 2.05) is 30.3 Å². The molecular formula is C23H26N4O2. The number of urea groups is 1. The second-order valence-electron chi connectivity index (χ2n) is 7.41. The van der Waals surface area contributed by atoms with Crippen LogP contribution >= 0.6 is 0 Å². The van der Waals surface area contributed by atoms with Crippen LogP contribution in [0, 0.1) is 0 Å². The number of nitrogens with zero attached hydrogens (tertiary/aromatic N) is 3. The van der Waals surface area contributed by atoms with E-state index in [4.69, 9.17) is 10.5 Å². The first-order valence-corrected chi connectivity index (χ1v) is 9.93. The van der Waals surface area contributed by atoms with Crippen LogP contribution in [0.2, 0.25) is 0 Å². The van der Waals surface area contributed by atoms with Crippen LogP contribution in [-0.4, -0.2) is 42.2 Å². The standard InChI is InChI=1S/C23H26N4O2/c1-29-19-7-8-21-20(15-19)22(9-12-25-21)27(23(24)28)18-10-13-26(14-11-18)16-17-5-3-2-4-6-17/h2-9,12,15,18H,10-11,13-14,16H2,1H3,(H2,24,28). The van der Waals surface area contributed by atoms with Gasteiger partial charge in [0.25, 0.3) is 0 Å². The summed E-state index contributed by atoms with van der Waals surface area (Å²) in [7, 11) is 1.63. The summed E-state index contributed by atoms with van der Waals surface area (Å²) >= 11 is 0. The zero-order valence-corrected chi connectivity index (χ0v) is 16.6. The topological polar surface area (TPSA) is 71.7 Å². The van der Waals surface area contributed by atoms with Crippen molar-refractivity contribution in [1.82, 2.24) is 9.88 Å². The maximum atomic E-state index is 12.5. The summed E-state index contributed by atoms with van der Waals surface area (Å²) in [5.74, 6) is 0.730. The number of nitrogens with two attached hydrogens (primary N) is 1. The van der Waals surface area contributed by atoms with Crippen LogP contribution in [0.25, 0.3) is 10.9 Å². The smallest absolute Gasteiger partial charge is 0.319 e. The van der Waals surface area contributed by atoms with Crippen molar-refractivity contribution in [3.8, 4) is 5.75 Å². The van der Waals surface area contributed by atoms with E-state index in [0.29, 0.717) is 0 Å². The van der Waals surface area contributed by atoms with Crippen LogP contribution in [0.1, 0.15) is 18.4 Å². The van der Waals surface area contributed by atoms with Crippen LogP contribution in [0.5, 0.6) is 5.75 Å². The number of anilines is 1. The lowest BCUT2D eigenvalue weighted by Gasteiger charge is -2.38. The predicted molar refractivity (Wildman–Crippen MR) is 115 cm³/mol. The summed E-state index contributed by atoms with van der Waals surface area (Å²) in [6.45, 7) is 2.78. The number of hydrogen-bond acceptors (Lipinski definition) is 4. The maximum Gasteiger partial charge on any atom is 0.319 e. The summed E-state index contributed by atoms with van der Waals surface area (Å²) in [6, 6.07) is 17.7. The molecule has 4 rings (SSSR count). The molecule has 29 heavy (non-hydrogen) atoms. The van der Waals surface area contributed by atoms with E-state index in [2.05, 4.69) is 34.1 Å². The molecule has 1 fully saturated rings. The molecule has 1 saturated heterocycles. The Hall–Kier alpha value is -3.12. The van der Waals surface area contributed by atoms with E-state index in [1.54, 1.807) is 18.2 Å². The van der Waals surface area contributed by atoms with Gasteiger partial charge in [0.1, 0.15) is 5.75 Å². The quantitative estimate of drug-likeness (QED) is 0.719. The molecule has 0 bridgehead atoms. The normalized spacial score (nSPS) is 15.3. The summed E-state index contributed by atoms with van der Waals surface area (Å²) in [5.41, 5.74) is 8.76. The van der Waals surface area contributed by atoms with Crippen molar-refractivity contribution in [2.45, 2.75) is 25.4 Å². The first kappa shape index (κ1) is 19.2. The van der Waals surface area contributed by atoms with Gasteiger partial charge in [-0.25, -0.2) is 4.79 Å². The predicted octanol–water partition coefficient (Wildman–Crippen LogP) is 3.79. The number of fused-ring (bicyclic) bond motifs is 1. The summed E-state index contributed by atoms with van der Waals surface area (Å²) in [5, 5.41) is 0.873. The van der Waals surface area contributed by atoms with Gasteiger partial charge in [-0.3, -0.25) is 14.8 Å². The number of aromatic nitrogens is 1. The average Bonchev–Trinajstić information content (AvgIpc) is 2.75. The Labute approximate surface area is 170 Å². The number of benzene rings is 2. The lowest BCUT2D eigenvalue weighted by atomic mass is 10.0. The molecule has 0 saturated carbocycles. The highest BCUT2D eigenvalue weighted by Crippen LogP contribution is 2.32. The molecule has 0 atom stereocenters. The van der Waals surface area contributed by atoms with E-state index >= 15 is 0 Å². The fraction of sp³-hybridized carbons (Fsp3) is 0.304. The molecule has 2 aromatic carbocycles. The third-order valence-electron chi connectivity index (χ3n) is 5.59. The number of amides is 2. The van der Waals surface area contributed by atoms with Crippen molar-refractivity contribution >= 4 is 22.6 Å². The molecule has 0 unspecified atom stereocenters. The molecule has 150 valence electrons. The number of pyridine rings is 1. The number of piperidine rings is 1. The van der Waals surface area contributed by atoms with Gasteiger partial charge in [-0.05, 0) is 42.7 Å². The lowest BCUT2D eigenvalue weighted by Crippen LogP contribution is -2.49. The Morgan fingerprint density at radius 3 is 2.62 bits per heavy atom. The highest BCUT2D eigenvalue weighted by atomic mass is 16.5. The molecule has 1 aliphatic heterocycles. The minimum absolute atomic E-state index is 0.0660. The van der Waals surface area contributed by atoms with E-state index in [9.17, 15) is 4.79 Å². The Bertz CT molecular complexity index is 985. The molecule has 3 aromatic rings. The number of methoxy groups -OCH3 is 1. The Balaban J connectivity index is 1.55. The van der Waals surface area contributed by atoms with Gasteiger partial charge in [0, 0.05) is 37.3 Å². The molecule has 6 nitrogen and oxygen atoms in total. The first-order valence-electron chi connectivity index (χ1n) is 9.93. The van der Waals surface area contributed by atoms with Crippen LogP contribution in [0.3, 0.4) is 0 Å². The van der Waals surface area contributed by atoms with Crippen molar-refractivity contribution in [2.75, 3.05) is 25.1 Å². The Morgan fingerprint density at radius 2 is 1.93 bits per heavy atom. The van der Waals surface area contributed by atoms with E-state index < -0.39 is 6.03 Å². The molecule has 0 radical (unpaired) electrons. The molecule has 2 amide bonds. The van der Waals surface area contributed by atoms with Crippen molar-refractivity contribution in [1.29, 1.82) is 0 Å². The van der Waals surface area contributed by atoms with Crippen LogP contribution in [0.15, 0.2) is 60.8 Å². The molecule has 1 aromatic heterocycles. The molecule has 2 heterocycles. The molecule has 6 heteroatoms. The average molecular weight is 390 g/mol. The van der Waals surface area contributed by atoms with Gasteiger partial charge in [-0.1, -0.05) is 30.3 Å². The Morgan fingerprint density at radius 1 is 1.17 bits per heavy atom. The SMILES string of the molecule is COc1ccc2nccc(N(C(N)=O)C3CCN(Cc4ccccc4)CC3)c2c1. The number of likely N-dealkylation sites (tertiary alicyclic amines) is 1. The van der Waals surface area contributed by atoms with Crippen molar-refractivity contribution in [3.63, 3.8) is 0 Å². The zero-order valence-electron chi connectivity index (χ0n) is 16.6. The number of ether oxygens (including phenoxy) is 1. The lowest BCUT2D eigenvalue weighted by molar-refractivity contribution is 0.199. The Kier molecular flexibility index (Phi) is 5.62. The second kappa shape index (κ2) is 8.49. The van der Waals surface area contributed by atoms with Gasteiger partial charge in [0.15, 0.2) is 0 Å². The van der Waals surface area contributed by atoms with Crippen LogP contribution < -0.4 is 15.4 Å². The number of primary amides is 1. The highest BCUT2D eigenvalue weighted by molar-refractivity contribution is 6.02. The minimum atomic E-state index is -0.429. The number of hydrogen-bond donors (Lipinski definition) is 1. The highest BCUT2D eigenvalue weighted by Gasteiger charge is 2.29. The van der Waals surface area contributed by atoms with Crippen molar-refractivity contribution in [3.05, 3.63) is 66.4 Å². The fourth-order valence-electron chi connectivity index (χ4n) is 4.12. The summed E-state index contributed by atoms with van der Waals surface area (Å²) in [6.07, 6.45) is 3.48. The molecule has 0 spiro atoms. The van der Waals surface area contributed by atoms with Gasteiger partial charge in [-0.15, -0.1) is 0 Å². The first-order chi connectivity index (χ1) is 14.2. The van der Waals surface area contributed by atoms with Gasteiger partial charge < -0.3 is 10.5 Å². The zero-order chi connectivity index (χ0) is 20.2. The van der Waals surface area contributed by atoms with E-state index in [1.165, 1.54) is 5.56 Å². The summed E-state index contributed by atoms with van der Waals surface area (Å²) < 4.78 is 5.36. The minimum Gasteiger partial charge on any atom is -0.497 e. The van der Waals surface area contributed by atoms with E-state index in [-0.39, 0.29) is 6.04 Å². The monoisotopic (exact) mass is 390 g/mol. The molecule has 0 aliphatic carbocycles. The number of carbonyl (C=O) groups excluding carboxylic acids is 1. The largest absolute Gasteiger partial charge is 0.497 e. The molecule has 2 N–H and O–H groups in total. The second-order valence-corrected chi connectivity index (χ2v) is 7.41. The van der Waals surface area contributed by atoms with Crippen molar-refractivity contribution in [2.24, 2.45) is 5.73 Å². The number of carbonyl (C=O) groups is 1.